The minimum Gasteiger partial charge on any atom is -0.452 e. The molecule has 0 fully saturated rings. The number of esters is 1. The molecule has 0 saturated heterocycles. The molecule has 7 heteroatoms. The van der Waals surface area contributed by atoms with Gasteiger partial charge in [-0.1, -0.05) is 36.4 Å². The van der Waals surface area contributed by atoms with E-state index < -0.39 is 5.97 Å². The highest BCUT2D eigenvalue weighted by molar-refractivity contribution is 7.12. The zero-order valence-electron chi connectivity index (χ0n) is 16.7. The van der Waals surface area contributed by atoms with E-state index in [0.29, 0.717) is 16.1 Å². The first kappa shape index (κ1) is 21.3. The second kappa shape index (κ2) is 9.84. The van der Waals surface area contributed by atoms with Crippen molar-refractivity contribution in [2.45, 2.75) is 13.0 Å². The average Bonchev–Trinajstić information content (AvgIpc) is 3.32. The Balaban J connectivity index is 1.52. The number of thiophene rings is 1. The zero-order chi connectivity index (χ0) is 21.5. The number of hydrogen-bond donors (Lipinski definition) is 1. The predicted molar refractivity (Wildman–Crippen MR) is 117 cm³/mol. The number of ether oxygens (including phenoxy) is 1. The standard InChI is InChI=1S/C23H22N2O4S/c1-16(17-7-4-3-5-8-17)25(2)21(26)15-29-23(28)18-10-12-19(13-11-18)24-22(27)20-9-6-14-30-20/h3-14,16H,15H2,1-2H3,(H,24,27). The van der Waals surface area contributed by atoms with Crippen molar-refractivity contribution >= 4 is 34.8 Å². The number of nitrogens with one attached hydrogen (secondary N) is 1. The van der Waals surface area contributed by atoms with E-state index in [1.807, 2.05) is 42.6 Å². The highest BCUT2D eigenvalue weighted by Gasteiger charge is 2.19. The third kappa shape index (κ3) is 5.33. The van der Waals surface area contributed by atoms with E-state index in [4.69, 9.17) is 4.74 Å². The van der Waals surface area contributed by atoms with Crippen LogP contribution in [0.2, 0.25) is 0 Å². The Morgan fingerprint density at radius 2 is 1.70 bits per heavy atom. The molecule has 0 bridgehead atoms. The fourth-order valence-corrected chi connectivity index (χ4v) is 3.39. The molecule has 1 aromatic heterocycles. The minimum absolute atomic E-state index is 0.136. The van der Waals surface area contributed by atoms with Crippen LogP contribution in [0, 0.1) is 0 Å². The van der Waals surface area contributed by atoms with Gasteiger partial charge in [-0.2, -0.15) is 0 Å². The van der Waals surface area contributed by atoms with Gasteiger partial charge < -0.3 is 15.0 Å². The van der Waals surface area contributed by atoms with Crippen LogP contribution in [0.5, 0.6) is 0 Å². The van der Waals surface area contributed by atoms with Gasteiger partial charge >= 0.3 is 5.97 Å². The lowest BCUT2D eigenvalue weighted by molar-refractivity contribution is -0.135. The van der Waals surface area contributed by atoms with Gasteiger partial charge in [0.2, 0.25) is 0 Å². The summed E-state index contributed by atoms with van der Waals surface area (Å²) in [5, 5.41) is 4.59. The van der Waals surface area contributed by atoms with E-state index in [2.05, 4.69) is 5.32 Å². The highest BCUT2D eigenvalue weighted by Crippen LogP contribution is 2.18. The second-order valence-electron chi connectivity index (χ2n) is 6.68. The molecule has 1 heterocycles. The fourth-order valence-electron chi connectivity index (χ4n) is 2.77. The molecule has 0 aliphatic heterocycles. The first-order chi connectivity index (χ1) is 14.5. The molecule has 0 aliphatic carbocycles. The third-order valence-electron chi connectivity index (χ3n) is 4.71. The van der Waals surface area contributed by atoms with Gasteiger partial charge in [-0.25, -0.2) is 4.79 Å². The second-order valence-corrected chi connectivity index (χ2v) is 7.62. The summed E-state index contributed by atoms with van der Waals surface area (Å²) in [6.45, 7) is 1.57. The quantitative estimate of drug-likeness (QED) is 0.574. The first-order valence-corrected chi connectivity index (χ1v) is 10.3. The maximum Gasteiger partial charge on any atom is 0.338 e. The predicted octanol–water partition coefficient (Wildman–Crippen LogP) is 4.38. The summed E-state index contributed by atoms with van der Waals surface area (Å²) in [6, 6.07) is 19.4. The molecule has 2 amide bonds. The van der Waals surface area contributed by atoms with E-state index >= 15 is 0 Å². The lowest BCUT2D eigenvalue weighted by atomic mass is 10.1. The van der Waals surface area contributed by atoms with Gasteiger partial charge in [0.15, 0.2) is 6.61 Å². The Hall–Kier alpha value is -3.45. The molecule has 0 spiro atoms. The van der Waals surface area contributed by atoms with Crippen molar-refractivity contribution in [2.75, 3.05) is 19.0 Å². The number of rotatable bonds is 7. The van der Waals surface area contributed by atoms with Crippen LogP contribution < -0.4 is 5.32 Å². The molecule has 0 aliphatic rings. The van der Waals surface area contributed by atoms with Gasteiger partial charge in [0.05, 0.1) is 16.5 Å². The summed E-state index contributed by atoms with van der Waals surface area (Å²) in [4.78, 5) is 38.8. The summed E-state index contributed by atoms with van der Waals surface area (Å²) in [7, 11) is 1.68. The normalized spacial score (nSPS) is 11.4. The topological polar surface area (TPSA) is 75.7 Å². The van der Waals surface area contributed by atoms with Crippen LogP contribution in [0.4, 0.5) is 5.69 Å². The molecule has 2 aromatic carbocycles. The van der Waals surface area contributed by atoms with Crippen LogP contribution in [-0.4, -0.2) is 36.3 Å². The van der Waals surface area contributed by atoms with Crippen molar-refractivity contribution in [1.29, 1.82) is 0 Å². The minimum atomic E-state index is -0.597. The van der Waals surface area contributed by atoms with Crippen molar-refractivity contribution in [2.24, 2.45) is 0 Å². The van der Waals surface area contributed by atoms with Crippen LogP contribution in [-0.2, 0) is 9.53 Å². The largest absolute Gasteiger partial charge is 0.452 e. The van der Waals surface area contributed by atoms with Gasteiger partial charge in [-0.3, -0.25) is 9.59 Å². The zero-order valence-corrected chi connectivity index (χ0v) is 17.5. The van der Waals surface area contributed by atoms with Crippen LogP contribution in [0.3, 0.4) is 0 Å². The van der Waals surface area contributed by atoms with E-state index in [-0.39, 0.29) is 24.5 Å². The first-order valence-electron chi connectivity index (χ1n) is 9.38. The number of hydrogen-bond acceptors (Lipinski definition) is 5. The van der Waals surface area contributed by atoms with Gasteiger partial charge in [0.25, 0.3) is 11.8 Å². The smallest absolute Gasteiger partial charge is 0.338 e. The summed E-state index contributed by atoms with van der Waals surface area (Å²) in [6.07, 6.45) is 0. The maximum atomic E-state index is 12.4. The lowest BCUT2D eigenvalue weighted by Crippen LogP contribution is -2.33. The number of amides is 2. The molecule has 3 rings (SSSR count). The number of carbonyl (C=O) groups is 3. The van der Waals surface area contributed by atoms with Crippen LogP contribution in [0.1, 0.15) is 38.6 Å². The van der Waals surface area contributed by atoms with Crippen molar-refractivity contribution in [3.8, 4) is 0 Å². The SMILES string of the molecule is CC(c1ccccc1)N(C)C(=O)COC(=O)c1ccc(NC(=O)c2cccs2)cc1. The van der Waals surface area contributed by atoms with Crippen molar-refractivity contribution < 1.29 is 19.1 Å². The van der Waals surface area contributed by atoms with Crippen LogP contribution in [0.15, 0.2) is 72.1 Å². The van der Waals surface area contributed by atoms with Crippen molar-refractivity contribution in [3.05, 3.63) is 88.1 Å². The number of carbonyl (C=O) groups excluding carboxylic acids is 3. The molecule has 30 heavy (non-hydrogen) atoms. The number of benzene rings is 2. The van der Waals surface area contributed by atoms with Gasteiger partial charge in [-0.15, -0.1) is 11.3 Å². The summed E-state index contributed by atoms with van der Waals surface area (Å²) in [5.41, 5.74) is 1.87. The van der Waals surface area contributed by atoms with E-state index in [9.17, 15) is 14.4 Å². The van der Waals surface area contributed by atoms with E-state index in [1.54, 1.807) is 48.3 Å². The van der Waals surface area contributed by atoms with Gasteiger partial charge in [0, 0.05) is 12.7 Å². The molecule has 0 radical (unpaired) electrons. The number of nitrogens with zero attached hydrogens (tertiary/aromatic N) is 1. The average molecular weight is 423 g/mol. The van der Waals surface area contributed by atoms with Crippen LogP contribution >= 0.6 is 11.3 Å². The van der Waals surface area contributed by atoms with Crippen molar-refractivity contribution in [1.82, 2.24) is 4.90 Å². The maximum absolute atomic E-state index is 12.4. The van der Waals surface area contributed by atoms with Gasteiger partial charge in [-0.05, 0) is 48.2 Å². The summed E-state index contributed by atoms with van der Waals surface area (Å²) < 4.78 is 5.16. The number of likely N-dealkylation sites (N-methyl/N-ethyl adjacent to an activating group) is 1. The monoisotopic (exact) mass is 422 g/mol. The molecule has 6 nitrogen and oxygen atoms in total. The van der Waals surface area contributed by atoms with Gasteiger partial charge in [0.1, 0.15) is 0 Å². The van der Waals surface area contributed by atoms with E-state index in [0.717, 1.165) is 5.56 Å². The van der Waals surface area contributed by atoms with Crippen molar-refractivity contribution in [3.63, 3.8) is 0 Å². The third-order valence-corrected chi connectivity index (χ3v) is 5.58. The summed E-state index contributed by atoms with van der Waals surface area (Å²) >= 11 is 1.35. The molecule has 3 aromatic rings. The Morgan fingerprint density at radius 3 is 2.33 bits per heavy atom. The Labute approximate surface area is 179 Å². The molecule has 0 saturated carbocycles. The highest BCUT2D eigenvalue weighted by atomic mass is 32.1. The molecule has 1 unspecified atom stereocenters. The molecule has 154 valence electrons. The Morgan fingerprint density at radius 1 is 1.00 bits per heavy atom. The van der Waals surface area contributed by atoms with E-state index in [1.165, 1.54) is 11.3 Å². The fraction of sp³-hybridized carbons (Fsp3) is 0.174. The summed E-state index contributed by atoms with van der Waals surface area (Å²) in [5.74, 6) is -1.10. The number of anilines is 1. The Bertz CT molecular complexity index is 1000. The molecular formula is C23H22N2O4S. The Kier molecular flexibility index (Phi) is 6.98. The molecule has 1 N–H and O–H groups in total. The van der Waals surface area contributed by atoms with Crippen LogP contribution in [0.25, 0.3) is 0 Å². The molecular weight excluding hydrogens is 400 g/mol. The molecule has 1 atom stereocenters. The lowest BCUT2D eigenvalue weighted by Gasteiger charge is -2.25.